The predicted molar refractivity (Wildman–Crippen MR) is 112 cm³/mol. The average molecular weight is 437 g/mol. The third kappa shape index (κ3) is 10.9. The van der Waals surface area contributed by atoms with Crippen LogP contribution >= 0.6 is 21.6 Å². The SMILES string of the molecule is CCCCOC(=O)C(N)CSSCC(C(=O)OCCCC)N(C(C)=O)C(C)=O. The molecule has 0 rings (SSSR count). The standard InChI is InChI=1S/C18H32N2O6S2/c1-5-7-9-25-17(23)15(19)11-27-28-12-16(18(24)26-10-8-6-2)20(13(3)21)14(4)22/h15-16H,5-12,19H2,1-4H3. The van der Waals surface area contributed by atoms with Gasteiger partial charge in [0.1, 0.15) is 12.1 Å². The van der Waals surface area contributed by atoms with E-state index < -0.39 is 35.8 Å². The third-order valence-electron chi connectivity index (χ3n) is 3.61. The Bertz CT molecular complexity index is 504. The first kappa shape index (κ1) is 26.7. The monoisotopic (exact) mass is 436 g/mol. The van der Waals surface area contributed by atoms with Crippen molar-refractivity contribution in [3.05, 3.63) is 0 Å². The molecule has 0 spiro atoms. The number of hydrogen-bond acceptors (Lipinski definition) is 9. The van der Waals surface area contributed by atoms with Crippen molar-refractivity contribution in [1.29, 1.82) is 0 Å². The van der Waals surface area contributed by atoms with E-state index in [-0.39, 0.29) is 18.1 Å². The molecule has 0 aromatic heterocycles. The maximum absolute atomic E-state index is 12.4. The van der Waals surface area contributed by atoms with Crippen molar-refractivity contribution >= 4 is 45.3 Å². The van der Waals surface area contributed by atoms with Gasteiger partial charge in [-0.25, -0.2) is 4.79 Å². The van der Waals surface area contributed by atoms with Gasteiger partial charge in [0.2, 0.25) is 11.8 Å². The normalized spacial score (nSPS) is 12.8. The number of esters is 2. The smallest absolute Gasteiger partial charge is 0.330 e. The Labute approximate surface area is 175 Å². The summed E-state index contributed by atoms with van der Waals surface area (Å²) in [6, 6.07) is -1.79. The van der Waals surface area contributed by atoms with E-state index in [0.29, 0.717) is 13.0 Å². The molecule has 2 atom stereocenters. The van der Waals surface area contributed by atoms with Crippen LogP contribution < -0.4 is 5.73 Å². The number of carbonyl (C=O) groups is 4. The lowest BCUT2D eigenvalue weighted by Gasteiger charge is -2.26. The molecule has 0 aromatic rings. The lowest BCUT2D eigenvalue weighted by atomic mass is 10.2. The molecule has 2 amide bonds. The maximum atomic E-state index is 12.4. The minimum Gasteiger partial charge on any atom is -0.465 e. The van der Waals surface area contributed by atoms with Crippen molar-refractivity contribution in [2.75, 3.05) is 24.7 Å². The van der Waals surface area contributed by atoms with E-state index in [4.69, 9.17) is 15.2 Å². The first-order chi connectivity index (χ1) is 13.3. The zero-order valence-electron chi connectivity index (χ0n) is 17.1. The molecule has 0 aliphatic rings. The molecular weight excluding hydrogens is 404 g/mol. The number of ether oxygens (including phenoxy) is 2. The second-order valence-corrected chi connectivity index (χ2v) is 8.69. The number of rotatable bonds is 14. The topological polar surface area (TPSA) is 116 Å². The summed E-state index contributed by atoms with van der Waals surface area (Å²) < 4.78 is 10.2. The number of imide groups is 1. The highest BCUT2D eigenvalue weighted by Gasteiger charge is 2.32. The van der Waals surface area contributed by atoms with Crippen LogP contribution in [0.5, 0.6) is 0 Å². The third-order valence-corrected chi connectivity index (χ3v) is 6.04. The van der Waals surface area contributed by atoms with E-state index in [9.17, 15) is 19.2 Å². The van der Waals surface area contributed by atoms with Gasteiger partial charge >= 0.3 is 11.9 Å². The fourth-order valence-electron chi connectivity index (χ4n) is 2.05. The van der Waals surface area contributed by atoms with Crippen LogP contribution in [0.15, 0.2) is 0 Å². The van der Waals surface area contributed by atoms with Gasteiger partial charge in [-0.05, 0) is 12.8 Å². The zero-order chi connectivity index (χ0) is 21.5. The summed E-state index contributed by atoms with van der Waals surface area (Å²) in [6.45, 7) is 7.00. The Morgan fingerprint density at radius 1 is 0.857 bits per heavy atom. The first-order valence-electron chi connectivity index (χ1n) is 9.39. The van der Waals surface area contributed by atoms with E-state index in [1.54, 1.807) is 0 Å². The van der Waals surface area contributed by atoms with Crippen LogP contribution in [0.25, 0.3) is 0 Å². The Hall–Kier alpha value is -1.26. The van der Waals surface area contributed by atoms with Gasteiger partial charge in [-0.3, -0.25) is 19.3 Å². The van der Waals surface area contributed by atoms with Crippen LogP contribution in [0.2, 0.25) is 0 Å². The maximum Gasteiger partial charge on any atom is 0.330 e. The lowest BCUT2D eigenvalue weighted by Crippen LogP contribution is -2.49. The van der Waals surface area contributed by atoms with Crippen LogP contribution in [-0.4, -0.2) is 65.5 Å². The number of carbonyl (C=O) groups excluding carboxylic acids is 4. The Morgan fingerprint density at radius 2 is 1.32 bits per heavy atom. The van der Waals surface area contributed by atoms with Gasteiger partial charge in [-0.2, -0.15) is 0 Å². The van der Waals surface area contributed by atoms with Crippen LogP contribution in [0, 0.1) is 0 Å². The molecule has 0 aliphatic carbocycles. The van der Waals surface area contributed by atoms with Gasteiger partial charge < -0.3 is 15.2 Å². The van der Waals surface area contributed by atoms with Gasteiger partial charge in [-0.15, -0.1) is 0 Å². The molecule has 0 fully saturated rings. The molecule has 0 aromatic carbocycles. The largest absolute Gasteiger partial charge is 0.465 e. The van der Waals surface area contributed by atoms with Crippen LogP contribution in [0.1, 0.15) is 53.4 Å². The van der Waals surface area contributed by atoms with Gasteiger partial charge in [0.15, 0.2) is 0 Å². The Morgan fingerprint density at radius 3 is 1.79 bits per heavy atom. The number of amides is 2. The van der Waals surface area contributed by atoms with Crippen LogP contribution in [-0.2, 0) is 28.7 Å². The fourth-order valence-corrected chi connectivity index (χ4v) is 4.34. The molecule has 0 heterocycles. The molecule has 8 nitrogen and oxygen atoms in total. The summed E-state index contributed by atoms with van der Waals surface area (Å²) in [5.74, 6) is -1.69. The molecule has 0 aliphatic heterocycles. The van der Waals surface area contributed by atoms with E-state index in [1.807, 2.05) is 13.8 Å². The molecule has 0 saturated heterocycles. The van der Waals surface area contributed by atoms with Crippen LogP contribution in [0.4, 0.5) is 0 Å². The quantitative estimate of drug-likeness (QED) is 0.248. The van der Waals surface area contributed by atoms with Crippen molar-refractivity contribution in [1.82, 2.24) is 4.90 Å². The lowest BCUT2D eigenvalue weighted by molar-refractivity contribution is -0.159. The van der Waals surface area contributed by atoms with Crippen molar-refractivity contribution < 1.29 is 28.7 Å². The van der Waals surface area contributed by atoms with Gasteiger partial charge in [0.05, 0.1) is 13.2 Å². The Kier molecular flexibility index (Phi) is 14.9. The Balaban J connectivity index is 4.66. The molecule has 0 saturated carbocycles. The van der Waals surface area contributed by atoms with Gasteiger partial charge in [-0.1, -0.05) is 48.3 Å². The highest BCUT2D eigenvalue weighted by molar-refractivity contribution is 8.76. The molecule has 2 N–H and O–H groups in total. The minimum absolute atomic E-state index is 0.145. The summed E-state index contributed by atoms with van der Waals surface area (Å²) in [6.07, 6.45) is 3.27. The van der Waals surface area contributed by atoms with Gasteiger partial charge in [0, 0.05) is 25.4 Å². The van der Waals surface area contributed by atoms with Crippen molar-refractivity contribution in [3.63, 3.8) is 0 Å². The molecule has 0 bridgehead atoms. The van der Waals surface area contributed by atoms with Crippen LogP contribution in [0.3, 0.4) is 0 Å². The molecule has 10 heteroatoms. The number of nitrogens with two attached hydrogens (primary N) is 1. The zero-order valence-corrected chi connectivity index (χ0v) is 18.7. The summed E-state index contributed by atoms with van der Waals surface area (Å²) in [5.41, 5.74) is 5.79. The van der Waals surface area contributed by atoms with E-state index in [2.05, 4.69) is 0 Å². The van der Waals surface area contributed by atoms with Crippen molar-refractivity contribution in [2.45, 2.75) is 65.5 Å². The van der Waals surface area contributed by atoms with E-state index in [0.717, 1.165) is 24.2 Å². The predicted octanol–water partition coefficient (Wildman–Crippen LogP) is 2.15. The summed E-state index contributed by atoms with van der Waals surface area (Å²) in [7, 11) is 2.53. The summed E-state index contributed by atoms with van der Waals surface area (Å²) in [4.78, 5) is 48.6. The molecule has 2 unspecified atom stereocenters. The number of nitrogens with zero attached hydrogens (tertiary/aromatic N) is 1. The average Bonchev–Trinajstić information content (AvgIpc) is 2.63. The minimum atomic E-state index is -1.02. The van der Waals surface area contributed by atoms with Crippen molar-refractivity contribution in [2.24, 2.45) is 5.73 Å². The van der Waals surface area contributed by atoms with Crippen molar-refractivity contribution in [3.8, 4) is 0 Å². The summed E-state index contributed by atoms with van der Waals surface area (Å²) in [5, 5.41) is 0. The second kappa shape index (κ2) is 15.6. The first-order valence-corrected chi connectivity index (χ1v) is 11.9. The number of unbranched alkanes of at least 4 members (excludes halogenated alkanes) is 2. The molecule has 28 heavy (non-hydrogen) atoms. The highest BCUT2D eigenvalue weighted by Crippen LogP contribution is 2.25. The van der Waals surface area contributed by atoms with E-state index >= 15 is 0 Å². The number of hydrogen-bond donors (Lipinski definition) is 1. The fraction of sp³-hybridized carbons (Fsp3) is 0.778. The molecule has 162 valence electrons. The second-order valence-electron chi connectivity index (χ2n) is 6.14. The summed E-state index contributed by atoms with van der Waals surface area (Å²) >= 11 is 0. The molecule has 0 radical (unpaired) electrons. The van der Waals surface area contributed by atoms with Gasteiger partial charge in [0.25, 0.3) is 0 Å². The highest BCUT2D eigenvalue weighted by atomic mass is 33.1. The molecular formula is C18H32N2O6S2. The van der Waals surface area contributed by atoms with E-state index in [1.165, 1.54) is 35.4 Å².